The van der Waals surface area contributed by atoms with Crippen LogP contribution in [-0.2, 0) is 19.0 Å². The molecule has 0 spiro atoms. The third-order valence-electron chi connectivity index (χ3n) is 3.71. The van der Waals surface area contributed by atoms with Gasteiger partial charge in [0.1, 0.15) is 24.9 Å². The quantitative estimate of drug-likeness (QED) is 0.180. The van der Waals surface area contributed by atoms with Gasteiger partial charge >= 0.3 is 0 Å². The van der Waals surface area contributed by atoms with E-state index in [1.165, 1.54) is 0 Å². The molecule has 0 saturated heterocycles. The standard InChI is InChI=1S/C20H33N3O6/c1-22-7-8-23-20(25)17-5-4-6-18(15-17)29-16-19(21)28-14-13-27-12-11-26-10-3-2-9-24/h4-6,9,15,19,22H,2-3,7-8,10-14,16,21H2,1H3,(H,23,25). The van der Waals surface area contributed by atoms with Crippen LogP contribution in [0.1, 0.15) is 23.2 Å². The summed E-state index contributed by atoms with van der Waals surface area (Å²) in [5.41, 5.74) is 6.39. The summed E-state index contributed by atoms with van der Waals surface area (Å²) in [6, 6.07) is 6.90. The van der Waals surface area contributed by atoms with E-state index < -0.39 is 6.23 Å². The van der Waals surface area contributed by atoms with Crippen molar-refractivity contribution in [1.29, 1.82) is 0 Å². The number of hydrogen-bond donors (Lipinski definition) is 3. The van der Waals surface area contributed by atoms with Crippen molar-refractivity contribution in [2.75, 3.05) is 59.8 Å². The average Bonchev–Trinajstić information content (AvgIpc) is 2.74. The number of likely N-dealkylation sites (N-methyl/N-ethyl adjacent to an activating group) is 1. The van der Waals surface area contributed by atoms with E-state index in [4.69, 9.17) is 24.7 Å². The van der Waals surface area contributed by atoms with Crippen LogP contribution in [0.15, 0.2) is 24.3 Å². The SMILES string of the molecule is CNCCNC(=O)c1cccc(OCC(N)OCCOCCOCCCC=O)c1. The Kier molecular flexibility index (Phi) is 14.5. The Bertz CT molecular complexity index is 573. The first kappa shape index (κ1) is 25.0. The van der Waals surface area contributed by atoms with Gasteiger partial charge in [-0.1, -0.05) is 6.07 Å². The molecule has 0 bridgehead atoms. The molecule has 1 amide bonds. The van der Waals surface area contributed by atoms with Gasteiger partial charge in [0.05, 0.1) is 26.4 Å². The monoisotopic (exact) mass is 411 g/mol. The molecule has 1 rings (SSSR count). The van der Waals surface area contributed by atoms with Gasteiger partial charge in [-0.05, 0) is 31.7 Å². The van der Waals surface area contributed by atoms with Crippen LogP contribution in [0.3, 0.4) is 0 Å². The topological polar surface area (TPSA) is 121 Å². The third-order valence-corrected chi connectivity index (χ3v) is 3.71. The fourth-order valence-electron chi connectivity index (χ4n) is 2.21. The number of carbonyl (C=O) groups is 2. The molecule has 0 fully saturated rings. The van der Waals surface area contributed by atoms with E-state index in [-0.39, 0.29) is 12.5 Å². The highest BCUT2D eigenvalue weighted by molar-refractivity contribution is 5.94. The molecule has 1 aromatic carbocycles. The Morgan fingerprint density at radius 1 is 1.14 bits per heavy atom. The zero-order chi connectivity index (χ0) is 21.2. The highest BCUT2D eigenvalue weighted by atomic mass is 16.6. The summed E-state index contributed by atoms with van der Waals surface area (Å²) in [6.07, 6.45) is 1.52. The van der Waals surface area contributed by atoms with Gasteiger partial charge in [0, 0.05) is 31.7 Å². The van der Waals surface area contributed by atoms with E-state index in [2.05, 4.69) is 10.6 Å². The van der Waals surface area contributed by atoms with Crippen molar-refractivity contribution in [3.63, 3.8) is 0 Å². The number of benzene rings is 1. The van der Waals surface area contributed by atoms with Gasteiger partial charge in [-0.2, -0.15) is 0 Å². The number of carbonyl (C=O) groups excluding carboxylic acids is 2. The van der Waals surface area contributed by atoms with Gasteiger partial charge in [-0.15, -0.1) is 0 Å². The molecule has 0 aliphatic carbocycles. The lowest BCUT2D eigenvalue weighted by Gasteiger charge is -2.15. The summed E-state index contributed by atoms with van der Waals surface area (Å²) < 4.78 is 21.7. The van der Waals surface area contributed by atoms with Gasteiger partial charge < -0.3 is 40.1 Å². The molecule has 29 heavy (non-hydrogen) atoms. The fourth-order valence-corrected chi connectivity index (χ4v) is 2.21. The molecular weight excluding hydrogens is 378 g/mol. The average molecular weight is 411 g/mol. The lowest BCUT2D eigenvalue weighted by Crippen LogP contribution is -2.32. The zero-order valence-corrected chi connectivity index (χ0v) is 17.1. The van der Waals surface area contributed by atoms with Crippen molar-refractivity contribution in [1.82, 2.24) is 10.6 Å². The summed E-state index contributed by atoms with van der Waals surface area (Å²) >= 11 is 0. The lowest BCUT2D eigenvalue weighted by molar-refractivity contribution is -0.108. The van der Waals surface area contributed by atoms with E-state index in [0.717, 1.165) is 12.7 Å². The van der Waals surface area contributed by atoms with Crippen LogP contribution in [-0.4, -0.2) is 78.2 Å². The van der Waals surface area contributed by atoms with E-state index in [9.17, 15) is 9.59 Å². The van der Waals surface area contributed by atoms with E-state index >= 15 is 0 Å². The Balaban J connectivity index is 2.12. The van der Waals surface area contributed by atoms with E-state index in [1.54, 1.807) is 24.3 Å². The largest absolute Gasteiger partial charge is 0.489 e. The summed E-state index contributed by atoms with van der Waals surface area (Å²) in [6.45, 7) is 3.63. The predicted molar refractivity (Wildman–Crippen MR) is 109 cm³/mol. The molecule has 0 heterocycles. The molecule has 1 atom stereocenters. The molecule has 0 aliphatic rings. The first-order valence-corrected chi connectivity index (χ1v) is 9.79. The van der Waals surface area contributed by atoms with Crippen molar-refractivity contribution >= 4 is 12.2 Å². The van der Waals surface area contributed by atoms with Crippen LogP contribution in [0.5, 0.6) is 5.75 Å². The van der Waals surface area contributed by atoms with Gasteiger partial charge in [-0.25, -0.2) is 0 Å². The molecule has 9 heteroatoms. The Hall–Kier alpha value is -2.04. The molecule has 4 N–H and O–H groups in total. The van der Waals surface area contributed by atoms with Crippen molar-refractivity contribution in [3.8, 4) is 5.75 Å². The second kappa shape index (κ2) is 16.9. The minimum atomic E-state index is -0.605. The van der Waals surface area contributed by atoms with Crippen molar-refractivity contribution < 1.29 is 28.5 Å². The smallest absolute Gasteiger partial charge is 0.251 e. The highest BCUT2D eigenvalue weighted by Gasteiger charge is 2.08. The maximum absolute atomic E-state index is 12.0. The minimum Gasteiger partial charge on any atom is -0.489 e. The summed E-state index contributed by atoms with van der Waals surface area (Å²) in [7, 11) is 1.83. The van der Waals surface area contributed by atoms with Crippen LogP contribution < -0.4 is 21.1 Å². The first-order valence-electron chi connectivity index (χ1n) is 9.79. The number of nitrogens with one attached hydrogen (secondary N) is 2. The fraction of sp³-hybridized carbons (Fsp3) is 0.600. The molecule has 164 valence electrons. The number of nitrogens with two attached hydrogens (primary N) is 1. The van der Waals surface area contributed by atoms with Crippen LogP contribution in [0.25, 0.3) is 0 Å². The first-order chi connectivity index (χ1) is 14.2. The number of hydrogen-bond acceptors (Lipinski definition) is 8. The van der Waals surface area contributed by atoms with Crippen LogP contribution in [0.4, 0.5) is 0 Å². The van der Waals surface area contributed by atoms with Crippen LogP contribution in [0.2, 0.25) is 0 Å². The molecule has 9 nitrogen and oxygen atoms in total. The highest BCUT2D eigenvalue weighted by Crippen LogP contribution is 2.13. The Labute approximate surface area is 172 Å². The molecule has 0 radical (unpaired) electrons. The van der Waals surface area contributed by atoms with Gasteiger partial charge in [0.15, 0.2) is 0 Å². The second-order valence-corrected chi connectivity index (χ2v) is 6.14. The molecule has 1 unspecified atom stereocenters. The van der Waals surface area contributed by atoms with Crippen molar-refractivity contribution in [2.45, 2.75) is 19.1 Å². The number of unbranched alkanes of at least 4 members (excludes halogenated alkanes) is 1. The van der Waals surface area contributed by atoms with Gasteiger partial charge in [0.2, 0.25) is 0 Å². The molecule has 0 saturated carbocycles. The molecule has 0 aliphatic heterocycles. The Morgan fingerprint density at radius 2 is 1.90 bits per heavy atom. The summed E-state index contributed by atoms with van der Waals surface area (Å²) in [4.78, 5) is 22.2. The summed E-state index contributed by atoms with van der Waals surface area (Å²) in [5.74, 6) is 0.393. The number of rotatable bonds is 18. The Morgan fingerprint density at radius 3 is 2.66 bits per heavy atom. The van der Waals surface area contributed by atoms with E-state index in [1.807, 2.05) is 7.05 Å². The second-order valence-electron chi connectivity index (χ2n) is 6.14. The third kappa shape index (κ3) is 12.9. The molecule has 1 aromatic rings. The van der Waals surface area contributed by atoms with Gasteiger partial charge in [0.25, 0.3) is 5.91 Å². The molecule has 0 aromatic heterocycles. The lowest BCUT2D eigenvalue weighted by atomic mass is 10.2. The number of aldehydes is 1. The normalized spacial score (nSPS) is 11.8. The maximum Gasteiger partial charge on any atom is 0.251 e. The minimum absolute atomic E-state index is 0.156. The van der Waals surface area contributed by atoms with Gasteiger partial charge in [-0.3, -0.25) is 4.79 Å². The number of amides is 1. The van der Waals surface area contributed by atoms with Crippen molar-refractivity contribution in [2.24, 2.45) is 5.73 Å². The van der Waals surface area contributed by atoms with Crippen LogP contribution in [0, 0.1) is 0 Å². The number of ether oxygens (including phenoxy) is 4. The zero-order valence-electron chi connectivity index (χ0n) is 17.1. The maximum atomic E-state index is 12.0. The van der Waals surface area contributed by atoms with E-state index in [0.29, 0.717) is 63.9 Å². The predicted octanol–water partition coefficient (Wildman–Crippen LogP) is 0.328. The molecular formula is C20H33N3O6. The van der Waals surface area contributed by atoms with Crippen molar-refractivity contribution in [3.05, 3.63) is 29.8 Å². The summed E-state index contributed by atoms with van der Waals surface area (Å²) in [5, 5.41) is 5.78. The van der Waals surface area contributed by atoms with Crippen LogP contribution >= 0.6 is 0 Å².